The molecule has 3 N–H and O–H groups in total. The van der Waals surface area contributed by atoms with Gasteiger partial charge in [0, 0.05) is 16.6 Å². The smallest absolute Gasteiger partial charge is 0.143 e. The van der Waals surface area contributed by atoms with Gasteiger partial charge >= 0.3 is 0 Å². The minimum Gasteiger partial charge on any atom is -0.397 e. The van der Waals surface area contributed by atoms with Crippen LogP contribution >= 0.6 is 27.5 Å². The van der Waals surface area contributed by atoms with Crippen molar-refractivity contribution in [3.05, 3.63) is 57.3 Å². The quantitative estimate of drug-likeness (QED) is 0.770. The Morgan fingerprint density at radius 3 is 2.53 bits per heavy atom. The van der Waals surface area contributed by atoms with E-state index < -0.39 is 5.82 Å². The Labute approximate surface area is 124 Å². The fourth-order valence-electron chi connectivity index (χ4n) is 1.76. The molecule has 0 fully saturated rings. The molecule has 2 nitrogen and oxygen atoms in total. The Kier molecular flexibility index (Phi) is 4.32. The Balaban J connectivity index is 2.21. The van der Waals surface area contributed by atoms with E-state index in [2.05, 4.69) is 21.2 Å². The Bertz CT molecular complexity index is 587. The second-order valence-electron chi connectivity index (χ2n) is 4.27. The van der Waals surface area contributed by atoms with Gasteiger partial charge in [-0.2, -0.15) is 0 Å². The van der Waals surface area contributed by atoms with Gasteiger partial charge in [-0.3, -0.25) is 0 Å². The molecular weight excluding hydrogens is 331 g/mol. The van der Waals surface area contributed by atoms with Crippen LogP contribution in [0.15, 0.2) is 40.9 Å². The van der Waals surface area contributed by atoms with Crippen LogP contribution in [0.2, 0.25) is 5.02 Å². The lowest BCUT2D eigenvalue weighted by Gasteiger charge is -2.17. The van der Waals surface area contributed by atoms with E-state index in [1.165, 1.54) is 12.1 Å². The highest BCUT2D eigenvalue weighted by Gasteiger charge is 2.10. The lowest BCUT2D eigenvalue weighted by Crippen LogP contribution is -2.08. The molecule has 0 bridgehead atoms. The van der Waals surface area contributed by atoms with Crippen molar-refractivity contribution in [1.82, 2.24) is 0 Å². The summed E-state index contributed by atoms with van der Waals surface area (Å²) in [5, 5.41) is 3.28. The molecule has 100 valence electrons. The van der Waals surface area contributed by atoms with E-state index in [1.807, 2.05) is 31.2 Å². The number of hydrogen-bond donors (Lipinski definition) is 2. The van der Waals surface area contributed by atoms with Gasteiger partial charge < -0.3 is 11.1 Å². The van der Waals surface area contributed by atoms with Crippen LogP contribution in [0.5, 0.6) is 0 Å². The number of nitrogens with two attached hydrogens (primary N) is 1. The summed E-state index contributed by atoms with van der Waals surface area (Å²) in [6.45, 7) is 2.00. The molecule has 0 radical (unpaired) electrons. The number of benzene rings is 2. The van der Waals surface area contributed by atoms with Crippen LogP contribution in [-0.2, 0) is 0 Å². The normalized spacial score (nSPS) is 12.2. The van der Waals surface area contributed by atoms with E-state index in [0.29, 0.717) is 11.4 Å². The molecule has 1 unspecified atom stereocenters. The summed E-state index contributed by atoms with van der Waals surface area (Å²) in [5.41, 5.74) is 7.84. The highest BCUT2D eigenvalue weighted by Crippen LogP contribution is 2.29. The highest BCUT2D eigenvalue weighted by molar-refractivity contribution is 9.10. The van der Waals surface area contributed by atoms with Crippen molar-refractivity contribution >= 4 is 38.9 Å². The number of nitrogens with one attached hydrogen (secondary N) is 1. The van der Waals surface area contributed by atoms with E-state index in [1.54, 1.807) is 0 Å². The molecule has 2 aromatic rings. The van der Waals surface area contributed by atoms with Crippen molar-refractivity contribution in [2.75, 3.05) is 11.1 Å². The predicted molar refractivity (Wildman–Crippen MR) is 82.0 cm³/mol. The summed E-state index contributed by atoms with van der Waals surface area (Å²) < 4.78 is 14.2. The molecule has 0 aliphatic heterocycles. The minimum absolute atomic E-state index is 0.0388. The number of rotatable bonds is 3. The van der Waals surface area contributed by atoms with Gasteiger partial charge in [0.2, 0.25) is 0 Å². The van der Waals surface area contributed by atoms with Crippen LogP contribution in [0.1, 0.15) is 18.5 Å². The van der Waals surface area contributed by atoms with Crippen molar-refractivity contribution in [2.45, 2.75) is 13.0 Å². The molecule has 0 aromatic heterocycles. The largest absolute Gasteiger partial charge is 0.397 e. The molecule has 0 aliphatic rings. The van der Waals surface area contributed by atoms with Gasteiger partial charge in [-0.15, -0.1) is 0 Å². The molecule has 5 heteroatoms. The molecule has 0 aliphatic carbocycles. The highest BCUT2D eigenvalue weighted by atomic mass is 79.9. The lowest BCUT2D eigenvalue weighted by atomic mass is 10.1. The first-order valence-corrected chi connectivity index (χ1v) is 6.91. The maximum Gasteiger partial charge on any atom is 0.143 e. The van der Waals surface area contributed by atoms with E-state index >= 15 is 0 Å². The Morgan fingerprint density at radius 1 is 1.26 bits per heavy atom. The van der Waals surface area contributed by atoms with Crippen molar-refractivity contribution in [3.63, 3.8) is 0 Å². The maximum absolute atomic E-state index is 13.2. The summed E-state index contributed by atoms with van der Waals surface area (Å²) in [5.74, 6) is -0.513. The zero-order valence-corrected chi connectivity index (χ0v) is 12.6. The second kappa shape index (κ2) is 5.80. The van der Waals surface area contributed by atoms with E-state index in [9.17, 15) is 4.39 Å². The number of hydrogen-bond acceptors (Lipinski definition) is 2. The third-order valence-corrected chi connectivity index (χ3v) is 3.65. The first-order valence-electron chi connectivity index (χ1n) is 5.74. The summed E-state index contributed by atoms with van der Waals surface area (Å²) in [6, 6.07) is 10.7. The van der Waals surface area contributed by atoms with Crippen LogP contribution in [0.4, 0.5) is 15.8 Å². The van der Waals surface area contributed by atoms with E-state index in [4.69, 9.17) is 17.3 Å². The number of nitrogen functional groups attached to an aromatic ring is 1. The Morgan fingerprint density at radius 2 is 1.89 bits per heavy atom. The van der Waals surface area contributed by atoms with E-state index in [-0.39, 0.29) is 11.1 Å². The van der Waals surface area contributed by atoms with Gasteiger partial charge in [-0.05, 0) is 30.7 Å². The van der Waals surface area contributed by atoms with Crippen molar-refractivity contribution in [3.8, 4) is 0 Å². The van der Waals surface area contributed by atoms with Gasteiger partial charge in [0.1, 0.15) is 5.82 Å². The van der Waals surface area contributed by atoms with Gasteiger partial charge in [0.25, 0.3) is 0 Å². The van der Waals surface area contributed by atoms with Crippen LogP contribution < -0.4 is 11.1 Å². The third kappa shape index (κ3) is 3.39. The molecule has 0 saturated carbocycles. The van der Waals surface area contributed by atoms with Gasteiger partial charge in [-0.25, -0.2) is 4.39 Å². The zero-order chi connectivity index (χ0) is 14.0. The van der Waals surface area contributed by atoms with Crippen LogP contribution in [-0.4, -0.2) is 0 Å². The number of halogens is 3. The third-order valence-electron chi connectivity index (χ3n) is 2.83. The first-order chi connectivity index (χ1) is 8.97. The predicted octanol–water partition coefficient (Wildman–Crippen LogP) is 5.00. The molecule has 2 aromatic carbocycles. The van der Waals surface area contributed by atoms with Gasteiger partial charge in [0.15, 0.2) is 0 Å². The summed E-state index contributed by atoms with van der Waals surface area (Å²) >= 11 is 9.15. The molecule has 0 spiro atoms. The van der Waals surface area contributed by atoms with Crippen molar-refractivity contribution < 1.29 is 4.39 Å². The van der Waals surface area contributed by atoms with Crippen LogP contribution in [0, 0.1) is 5.82 Å². The molecule has 1 atom stereocenters. The fraction of sp³-hybridized carbons (Fsp3) is 0.143. The summed E-state index contributed by atoms with van der Waals surface area (Å²) in [7, 11) is 0. The van der Waals surface area contributed by atoms with E-state index in [0.717, 1.165) is 10.0 Å². The van der Waals surface area contributed by atoms with Crippen LogP contribution in [0.25, 0.3) is 0 Å². The molecule has 0 heterocycles. The number of anilines is 2. The standard InChI is InChI=1S/C14H13BrClFN2/c1-8(9-2-4-10(15)5-3-9)19-14-6-11(16)12(17)7-13(14)18/h2-8,19H,18H2,1H3. The monoisotopic (exact) mass is 342 g/mol. The zero-order valence-electron chi connectivity index (χ0n) is 10.3. The van der Waals surface area contributed by atoms with Gasteiger partial charge in [-0.1, -0.05) is 39.7 Å². The molecule has 19 heavy (non-hydrogen) atoms. The average molecular weight is 344 g/mol. The van der Waals surface area contributed by atoms with Gasteiger partial charge in [0.05, 0.1) is 16.4 Å². The van der Waals surface area contributed by atoms with Crippen molar-refractivity contribution in [1.29, 1.82) is 0 Å². The molecular formula is C14H13BrClFN2. The molecule has 0 amide bonds. The maximum atomic E-state index is 13.2. The SMILES string of the molecule is CC(Nc1cc(Cl)c(F)cc1N)c1ccc(Br)cc1. The first kappa shape index (κ1) is 14.2. The second-order valence-corrected chi connectivity index (χ2v) is 5.59. The molecule has 0 saturated heterocycles. The summed E-state index contributed by atoms with van der Waals surface area (Å²) in [4.78, 5) is 0. The molecule has 2 rings (SSSR count). The minimum atomic E-state index is -0.513. The fourth-order valence-corrected chi connectivity index (χ4v) is 2.18. The summed E-state index contributed by atoms with van der Waals surface area (Å²) in [6.07, 6.45) is 0. The Hall–Kier alpha value is -1.26. The van der Waals surface area contributed by atoms with Crippen molar-refractivity contribution in [2.24, 2.45) is 0 Å². The lowest BCUT2D eigenvalue weighted by molar-refractivity contribution is 0.629. The van der Waals surface area contributed by atoms with Crippen LogP contribution in [0.3, 0.4) is 0 Å². The average Bonchev–Trinajstić information content (AvgIpc) is 2.36. The topological polar surface area (TPSA) is 38.0 Å².